The van der Waals surface area contributed by atoms with Crippen LogP contribution in [0.3, 0.4) is 0 Å². The summed E-state index contributed by atoms with van der Waals surface area (Å²) in [4.78, 5) is 12.7. The summed E-state index contributed by atoms with van der Waals surface area (Å²) in [5.41, 5.74) is 0.460. The van der Waals surface area contributed by atoms with Crippen molar-refractivity contribution in [3.63, 3.8) is 0 Å². The molecule has 28 heavy (non-hydrogen) atoms. The van der Waals surface area contributed by atoms with E-state index in [4.69, 9.17) is 9.16 Å². The van der Waals surface area contributed by atoms with Gasteiger partial charge >= 0.3 is 5.97 Å². The van der Waals surface area contributed by atoms with E-state index in [1.54, 1.807) is 0 Å². The van der Waals surface area contributed by atoms with Gasteiger partial charge in [-0.3, -0.25) is 4.79 Å². The van der Waals surface area contributed by atoms with Crippen LogP contribution < -0.4 is 0 Å². The minimum atomic E-state index is -2.19. The monoisotopic (exact) mass is 427 g/mol. The molecule has 0 rings (SSSR count). The van der Waals surface area contributed by atoms with Gasteiger partial charge in [0.15, 0.2) is 14.2 Å². The lowest BCUT2D eigenvalue weighted by atomic mass is 10.0. The highest BCUT2D eigenvalue weighted by Crippen LogP contribution is 2.38. The molecule has 0 radical (unpaired) electrons. The highest BCUT2D eigenvalue weighted by molar-refractivity contribution is 8.00. The summed E-state index contributed by atoms with van der Waals surface area (Å²) in [6, 6.07) is 2.15. The first-order chi connectivity index (χ1) is 12.3. The van der Waals surface area contributed by atoms with Crippen LogP contribution in [-0.2, 0) is 14.0 Å². The van der Waals surface area contributed by atoms with Crippen LogP contribution >= 0.6 is 11.8 Å². The molecule has 0 aliphatic rings. The van der Waals surface area contributed by atoms with E-state index in [1.165, 1.54) is 0 Å². The summed E-state index contributed by atoms with van der Waals surface area (Å²) in [7, 11) is -2.19. The Morgan fingerprint density at radius 3 is 1.96 bits per heavy atom. The quantitative estimate of drug-likeness (QED) is 0.270. The van der Waals surface area contributed by atoms with Crippen molar-refractivity contribution in [2.75, 3.05) is 5.75 Å². The third-order valence-corrected chi connectivity index (χ3v) is 10.5. The van der Waals surface area contributed by atoms with Gasteiger partial charge in [-0.15, -0.1) is 0 Å². The Morgan fingerprint density at radius 2 is 1.61 bits per heavy atom. The fourth-order valence-electron chi connectivity index (χ4n) is 2.00. The van der Waals surface area contributed by atoms with E-state index in [2.05, 4.69) is 60.7 Å². The first kappa shape index (κ1) is 27.2. The molecule has 0 aliphatic carbocycles. The number of nitrogens with zero attached hydrogens (tertiary/aromatic N) is 1. The smallest absolute Gasteiger partial charge is 0.326 e. The summed E-state index contributed by atoms with van der Waals surface area (Å²) in [6.07, 6.45) is 1.35. The van der Waals surface area contributed by atoms with Crippen molar-refractivity contribution in [3.05, 3.63) is 11.6 Å². The predicted molar refractivity (Wildman–Crippen MR) is 123 cm³/mol. The van der Waals surface area contributed by atoms with Crippen molar-refractivity contribution >= 4 is 26.0 Å². The van der Waals surface area contributed by atoms with Crippen LogP contribution in [0.1, 0.15) is 69.2 Å². The van der Waals surface area contributed by atoms with Crippen LogP contribution in [-0.4, -0.2) is 36.5 Å². The van der Waals surface area contributed by atoms with Crippen molar-refractivity contribution in [1.82, 2.24) is 0 Å². The molecular weight excluding hydrogens is 386 g/mol. The Labute approximate surface area is 178 Å². The molecule has 0 amide bonds. The molecule has 0 saturated heterocycles. The van der Waals surface area contributed by atoms with Gasteiger partial charge in [0.25, 0.3) is 0 Å². The fourth-order valence-corrected chi connectivity index (χ4v) is 3.99. The van der Waals surface area contributed by atoms with Crippen LogP contribution in [0.5, 0.6) is 0 Å². The van der Waals surface area contributed by atoms with Crippen LogP contribution in [0, 0.1) is 17.2 Å². The lowest BCUT2D eigenvalue weighted by Crippen LogP contribution is -2.47. The SMILES string of the molecule is C/C(=C/C(O[Si](C)(C)C(C)(C)C)C(C#N)C(=O)OC(C)(C)C)CSC(C)(C)C. The Kier molecular flexibility index (Phi) is 9.55. The Hall–Kier alpha value is -0.773. The van der Waals surface area contributed by atoms with Crippen molar-refractivity contribution in [2.24, 2.45) is 5.92 Å². The maximum Gasteiger partial charge on any atom is 0.326 e. The van der Waals surface area contributed by atoms with E-state index >= 15 is 0 Å². The largest absolute Gasteiger partial charge is 0.459 e. The van der Waals surface area contributed by atoms with Crippen LogP contribution in [0.15, 0.2) is 11.6 Å². The molecular formula is C22H41NO3SSi. The molecule has 162 valence electrons. The number of hydrogen-bond donors (Lipinski definition) is 0. The molecule has 2 unspecified atom stereocenters. The average molecular weight is 428 g/mol. The van der Waals surface area contributed by atoms with E-state index < -0.39 is 31.9 Å². The third kappa shape index (κ3) is 10.1. The molecule has 0 aromatic rings. The van der Waals surface area contributed by atoms with E-state index in [0.717, 1.165) is 11.3 Å². The lowest BCUT2D eigenvalue weighted by Gasteiger charge is -2.39. The number of carbonyl (C=O) groups excluding carboxylic acids is 1. The molecule has 0 spiro atoms. The zero-order valence-corrected chi connectivity index (χ0v) is 21.8. The molecule has 0 aromatic heterocycles. The van der Waals surface area contributed by atoms with Gasteiger partial charge in [0.2, 0.25) is 0 Å². The molecule has 0 aliphatic heterocycles. The van der Waals surface area contributed by atoms with Gasteiger partial charge in [0, 0.05) is 10.5 Å². The van der Waals surface area contributed by atoms with Crippen LogP contribution in [0.4, 0.5) is 0 Å². The third-order valence-electron chi connectivity index (χ3n) is 4.55. The normalized spacial score (nSPS) is 16.3. The zero-order chi connectivity index (χ0) is 22.6. The van der Waals surface area contributed by atoms with Crippen LogP contribution in [0.2, 0.25) is 18.1 Å². The number of nitriles is 1. The number of thioether (sulfide) groups is 1. The summed E-state index contributed by atoms with van der Waals surface area (Å²) >= 11 is 1.83. The maximum atomic E-state index is 12.7. The summed E-state index contributed by atoms with van der Waals surface area (Å²) in [6.45, 7) is 24.7. The summed E-state index contributed by atoms with van der Waals surface area (Å²) in [5, 5.41) is 9.76. The second-order valence-corrected chi connectivity index (χ2v) is 17.5. The minimum absolute atomic E-state index is 0.0267. The first-order valence-corrected chi connectivity index (χ1v) is 13.8. The topological polar surface area (TPSA) is 59.3 Å². The number of carbonyl (C=O) groups is 1. The Bertz CT molecular complexity index is 601. The maximum absolute atomic E-state index is 12.7. The number of esters is 1. The van der Waals surface area contributed by atoms with Crippen molar-refractivity contribution in [1.29, 1.82) is 5.26 Å². The molecule has 0 fully saturated rings. The van der Waals surface area contributed by atoms with Crippen molar-refractivity contribution in [2.45, 2.75) is 104 Å². The standard InChI is InChI=1S/C22H41NO3SSi/c1-16(15-27-21(5,6)7)13-18(26-28(11,12)22(8,9)10)17(14-23)19(24)25-20(2,3)4/h13,17-18H,15H2,1-12H3/b16-13-. The molecule has 0 saturated carbocycles. The molecule has 0 bridgehead atoms. The summed E-state index contributed by atoms with van der Waals surface area (Å²) in [5.74, 6) is -0.679. The predicted octanol–water partition coefficient (Wildman–Crippen LogP) is 6.34. The minimum Gasteiger partial charge on any atom is -0.459 e. The van der Waals surface area contributed by atoms with Gasteiger partial charge in [-0.1, -0.05) is 53.2 Å². The second kappa shape index (κ2) is 9.82. The molecule has 0 N–H and O–H groups in total. The van der Waals surface area contributed by atoms with Gasteiger partial charge < -0.3 is 9.16 Å². The van der Waals surface area contributed by atoms with Gasteiger partial charge in [0.05, 0.1) is 12.2 Å². The molecule has 4 nitrogen and oxygen atoms in total. The highest BCUT2D eigenvalue weighted by Gasteiger charge is 2.42. The molecule has 2 atom stereocenters. The second-order valence-electron chi connectivity index (χ2n) is 10.9. The van der Waals surface area contributed by atoms with Gasteiger partial charge in [-0.25, -0.2) is 0 Å². The first-order valence-electron chi connectivity index (χ1n) is 9.90. The van der Waals surface area contributed by atoms with Gasteiger partial charge in [-0.2, -0.15) is 17.0 Å². The lowest BCUT2D eigenvalue weighted by molar-refractivity contribution is -0.160. The Morgan fingerprint density at radius 1 is 1.11 bits per heavy atom. The van der Waals surface area contributed by atoms with Crippen molar-refractivity contribution < 1.29 is 14.0 Å². The Balaban J connectivity index is 5.83. The van der Waals surface area contributed by atoms with Crippen molar-refractivity contribution in [3.8, 4) is 6.07 Å². The van der Waals surface area contributed by atoms with Gasteiger partial charge in [0.1, 0.15) is 5.60 Å². The molecule has 6 heteroatoms. The number of rotatable bonds is 7. The number of hydrogen-bond acceptors (Lipinski definition) is 5. The average Bonchev–Trinajstić information content (AvgIpc) is 2.41. The number of ether oxygens (including phenoxy) is 1. The summed E-state index contributed by atoms with van der Waals surface area (Å²) < 4.78 is 12.2. The highest BCUT2D eigenvalue weighted by atomic mass is 32.2. The van der Waals surface area contributed by atoms with E-state index in [9.17, 15) is 10.1 Å². The van der Waals surface area contributed by atoms with Gasteiger partial charge in [-0.05, 0) is 45.8 Å². The van der Waals surface area contributed by atoms with E-state index in [-0.39, 0.29) is 9.79 Å². The molecule has 0 heterocycles. The zero-order valence-electron chi connectivity index (χ0n) is 20.0. The van der Waals surface area contributed by atoms with E-state index in [1.807, 2.05) is 45.5 Å². The molecule has 0 aromatic carbocycles. The van der Waals surface area contributed by atoms with Crippen LogP contribution in [0.25, 0.3) is 0 Å². The fraction of sp³-hybridized carbons (Fsp3) is 0.818. The van der Waals surface area contributed by atoms with E-state index in [0.29, 0.717) is 0 Å².